The molecule has 0 fully saturated rings. The first-order chi connectivity index (χ1) is 24.6. The molecule has 0 saturated carbocycles. The van der Waals surface area contributed by atoms with E-state index in [1.807, 2.05) is 0 Å². The lowest BCUT2D eigenvalue weighted by atomic mass is 10.0. The SMILES string of the molecule is C[C@H](NC(=O)[C@H](CCCNC(=N)N)NC(=O)[C@@H](N)CC(=O)O)C(=O)N[C@@H](Cc1ccccc1)C(=O)N[C@@H](CCCNC(=N)N)C(=O)N[C@H]([C]=O)CS. The summed E-state index contributed by atoms with van der Waals surface area (Å²) in [5.41, 5.74) is 16.9. The normalized spacial score (nSPS) is 14.1. The molecule has 0 aliphatic heterocycles. The van der Waals surface area contributed by atoms with Gasteiger partial charge in [-0.15, -0.1) is 0 Å². The van der Waals surface area contributed by atoms with Crippen LogP contribution >= 0.6 is 12.6 Å². The van der Waals surface area contributed by atoms with Crippen LogP contribution in [0.15, 0.2) is 30.3 Å². The molecule has 0 aromatic heterocycles. The van der Waals surface area contributed by atoms with Crippen LogP contribution in [0.1, 0.15) is 44.6 Å². The van der Waals surface area contributed by atoms with Crippen LogP contribution in [0.4, 0.5) is 0 Å². The monoisotopic (exact) mass is 749 g/mol. The van der Waals surface area contributed by atoms with Crippen LogP contribution in [-0.4, -0.2) is 114 Å². The average molecular weight is 750 g/mol. The van der Waals surface area contributed by atoms with Crippen molar-refractivity contribution in [2.45, 2.75) is 81.7 Å². The van der Waals surface area contributed by atoms with Crippen LogP contribution in [0.3, 0.4) is 0 Å². The van der Waals surface area contributed by atoms with Gasteiger partial charge in [0.05, 0.1) is 12.5 Å². The van der Waals surface area contributed by atoms with E-state index in [1.54, 1.807) is 36.6 Å². The molecule has 0 saturated heterocycles. The first kappa shape index (κ1) is 44.6. The average Bonchev–Trinajstić information content (AvgIpc) is 3.08. The molecule has 0 aliphatic rings. The number of hydrogen-bond acceptors (Lipinski definition) is 11. The van der Waals surface area contributed by atoms with Gasteiger partial charge in [0.25, 0.3) is 0 Å². The number of amides is 5. The fourth-order valence-electron chi connectivity index (χ4n) is 4.55. The summed E-state index contributed by atoms with van der Waals surface area (Å²) in [7, 11) is 0. The van der Waals surface area contributed by atoms with Gasteiger partial charge >= 0.3 is 5.97 Å². The number of rotatable bonds is 24. The van der Waals surface area contributed by atoms with Crippen LogP contribution in [0.5, 0.6) is 0 Å². The van der Waals surface area contributed by atoms with Gasteiger partial charge < -0.3 is 59.5 Å². The summed E-state index contributed by atoms with van der Waals surface area (Å²) < 4.78 is 0. The summed E-state index contributed by atoms with van der Waals surface area (Å²) in [6.45, 7) is 1.70. The molecule has 52 heavy (non-hydrogen) atoms. The zero-order valence-electron chi connectivity index (χ0n) is 28.7. The second-order valence-electron chi connectivity index (χ2n) is 11.6. The van der Waals surface area contributed by atoms with Crippen molar-refractivity contribution < 1.29 is 38.7 Å². The number of guanidine groups is 2. The maximum absolute atomic E-state index is 13.7. The molecule has 16 N–H and O–H groups in total. The van der Waals surface area contributed by atoms with Crippen molar-refractivity contribution in [2.75, 3.05) is 18.8 Å². The fourth-order valence-corrected chi connectivity index (χ4v) is 4.71. The van der Waals surface area contributed by atoms with Gasteiger partial charge in [0.2, 0.25) is 35.8 Å². The Balaban J connectivity index is 3.19. The minimum absolute atomic E-state index is 0.00759. The maximum atomic E-state index is 13.7. The van der Waals surface area contributed by atoms with Crippen molar-refractivity contribution >= 4 is 66.3 Å². The maximum Gasteiger partial charge on any atom is 0.305 e. The van der Waals surface area contributed by atoms with E-state index in [0.29, 0.717) is 5.56 Å². The van der Waals surface area contributed by atoms with E-state index in [4.69, 9.17) is 33.1 Å². The number of nitrogens with one attached hydrogen (secondary N) is 9. The summed E-state index contributed by atoms with van der Waals surface area (Å²) >= 11 is 4.01. The fraction of sp³-hybridized carbons (Fsp3) is 0.516. The van der Waals surface area contributed by atoms with Gasteiger partial charge in [-0.05, 0) is 38.2 Å². The van der Waals surface area contributed by atoms with E-state index in [0.717, 1.165) is 0 Å². The number of carbonyl (C=O) groups is 6. The molecule has 0 aliphatic carbocycles. The van der Waals surface area contributed by atoms with Crippen LogP contribution in [0.2, 0.25) is 0 Å². The van der Waals surface area contributed by atoms with Crippen molar-refractivity contribution in [3.8, 4) is 0 Å². The molecule has 0 unspecified atom stereocenters. The third kappa shape index (κ3) is 18.0. The molecule has 1 rings (SSSR count). The van der Waals surface area contributed by atoms with Crippen LogP contribution in [0.25, 0.3) is 0 Å². The Hall–Kier alpha value is -5.44. The van der Waals surface area contributed by atoms with Crippen molar-refractivity contribution in [1.82, 2.24) is 37.2 Å². The quantitative estimate of drug-likeness (QED) is 0.0208. The van der Waals surface area contributed by atoms with Gasteiger partial charge in [-0.1, -0.05) is 30.3 Å². The van der Waals surface area contributed by atoms with Gasteiger partial charge in [-0.3, -0.25) is 44.4 Å². The lowest BCUT2D eigenvalue weighted by Crippen LogP contribution is -2.59. The topological polar surface area (TPSA) is 350 Å². The molecule has 5 amide bonds. The smallest absolute Gasteiger partial charge is 0.305 e. The van der Waals surface area contributed by atoms with E-state index in [-0.39, 0.29) is 62.9 Å². The molecule has 0 bridgehead atoms. The second kappa shape index (κ2) is 23.9. The minimum atomic E-state index is -1.46. The number of carboxylic acids is 1. The van der Waals surface area contributed by atoms with E-state index in [9.17, 15) is 33.6 Å². The number of carbonyl (C=O) groups excluding carboxylic acids is 6. The Kier molecular flexibility index (Phi) is 20.5. The van der Waals surface area contributed by atoms with Gasteiger partial charge in [0.1, 0.15) is 30.2 Å². The molecule has 1 radical (unpaired) electrons. The van der Waals surface area contributed by atoms with Crippen LogP contribution in [0, 0.1) is 10.8 Å². The largest absolute Gasteiger partial charge is 0.481 e. The Morgan fingerprint density at radius 3 is 1.73 bits per heavy atom. The molecule has 20 nitrogen and oxygen atoms in total. The minimum Gasteiger partial charge on any atom is -0.481 e. The highest BCUT2D eigenvalue weighted by Gasteiger charge is 2.31. The summed E-state index contributed by atoms with van der Waals surface area (Å²) in [6.07, 6.45) is 1.47. The molecular formula is C31H49N12O8S. The predicted octanol–water partition coefficient (Wildman–Crippen LogP) is -3.96. The van der Waals surface area contributed by atoms with Crippen molar-refractivity contribution in [1.29, 1.82) is 10.8 Å². The van der Waals surface area contributed by atoms with Gasteiger partial charge in [0, 0.05) is 25.3 Å². The summed E-state index contributed by atoms with van der Waals surface area (Å²) in [4.78, 5) is 88.2. The first-order valence-corrected chi connectivity index (χ1v) is 16.9. The van der Waals surface area contributed by atoms with E-state index < -0.39 is 78.2 Å². The third-order valence-electron chi connectivity index (χ3n) is 7.28. The van der Waals surface area contributed by atoms with Crippen molar-refractivity contribution in [3.05, 3.63) is 35.9 Å². The zero-order valence-corrected chi connectivity index (χ0v) is 29.6. The van der Waals surface area contributed by atoms with E-state index in [1.165, 1.54) is 6.92 Å². The van der Waals surface area contributed by atoms with Crippen LogP contribution < -0.4 is 54.4 Å². The lowest BCUT2D eigenvalue weighted by molar-refractivity contribution is -0.140. The first-order valence-electron chi connectivity index (χ1n) is 16.2. The molecule has 0 heterocycles. The molecular weight excluding hydrogens is 700 g/mol. The van der Waals surface area contributed by atoms with Gasteiger partial charge in [0.15, 0.2) is 11.9 Å². The lowest BCUT2D eigenvalue weighted by Gasteiger charge is -2.26. The number of aliphatic carboxylic acids is 1. The number of hydrogen-bond donors (Lipinski definition) is 14. The molecule has 287 valence electrons. The van der Waals surface area contributed by atoms with Crippen molar-refractivity contribution in [3.63, 3.8) is 0 Å². The molecule has 1 aromatic carbocycles. The highest BCUT2D eigenvalue weighted by molar-refractivity contribution is 7.80. The van der Waals surface area contributed by atoms with Crippen LogP contribution in [-0.2, 0) is 40.0 Å². The predicted molar refractivity (Wildman–Crippen MR) is 194 cm³/mol. The molecule has 0 spiro atoms. The summed E-state index contributed by atoms with van der Waals surface area (Å²) in [5, 5.41) is 41.2. The zero-order chi connectivity index (χ0) is 39.2. The summed E-state index contributed by atoms with van der Waals surface area (Å²) in [6, 6.07) is 1.15. The Bertz CT molecular complexity index is 1400. The Morgan fingerprint density at radius 2 is 1.25 bits per heavy atom. The molecule has 1 aromatic rings. The highest BCUT2D eigenvalue weighted by Crippen LogP contribution is 2.07. The highest BCUT2D eigenvalue weighted by atomic mass is 32.1. The summed E-state index contributed by atoms with van der Waals surface area (Å²) in [5.74, 6) is -5.98. The van der Waals surface area contributed by atoms with E-state index >= 15 is 0 Å². The Labute approximate surface area is 306 Å². The molecule has 21 heteroatoms. The Morgan fingerprint density at radius 1 is 0.769 bits per heavy atom. The number of nitrogens with two attached hydrogens (primary N) is 3. The number of carboxylic acid groups (broad SMARTS) is 1. The van der Waals surface area contributed by atoms with Crippen molar-refractivity contribution in [2.24, 2.45) is 17.2 Å². The molecule has 6 atom stereocenters. The second-order valence-corrected chi connectivity index (χ2v) is 12.0. The van der Waals surface area contributed by atoms with Gasteiger partial charge in [-0.2, -0.15) is 12.6 Å². The standard InChI is InChI=1S/C31H49N12O8S/c1-17(39-27(49)21(9-5-11-37-30(33)34)41-26(48)20(32)14-24(45)46)25(47)43-23(13-18-7-3-2-4-8-18)29(51)42-22(10-6-12-38-31(35)36)28(50)40-19(15-44)16-52/h2-4,7-8,17,19-23,52H,5-6,9-14,16,32H2,1H3,(H,39,49)(H,40,50)(H,41,48)(H,42,51)(H,43,47)(H,45,46)(H4,33,34,37)(H4,35,36,38)/t17-,19+,20-,21-,22-,23-/m0/s1. The third-order valence-corrected chi connectivity index (χ3v) is 7.64. The van der Waals surface area contributed by atoms with Gasteiger partial charge in [-0.25, -0.2) is 0 Å². The number of benzene rings is 1. The van der Waals surface area contributed by atoms with E-state index in [2.05, 4.69) is 49.8 Å². The number of thiol groups is 1.